The van der Waals surface area contributed by atoms with Crippen LogP contribution < -0.4 is 15.0 Å². The molecular weight excluding hydrogens is 442 g/mol. The number of imide groups is 2. The molecule has 10 heteroatoms. The van der Waals surface area contributed by atoms with Gasteiger partial charge in [0.2, 0.25) is 0 Å². The molecule has 2 heterocycles. The Morgan fingerprint density at radius 2 is 1.82 bits per heavy atom. The van der Waals surface area contributed by atoms with Crippen molar-refractivity contribution in [3.63, 3.8) is 0 Å². The van der Waals surface area contributed by atoms with Gasteiger partial charge in [-0.05, 0) is 61.9 Å². The number of non-ortho nitro benzene ring substituents is 1. The van der Waals surface area contributed by atoms with Crippen LogP contribution in [0.1, 0.15) is 18.2 Å². The first-order valence-electron chi connectivity index (χ1n) is 10.3. The average Bonchev–Trinajstić information content (AvgIpc) is 3.26. The summed E-state index contributed by atoms with van der Waals surface area (Å²) in [6.45, 7) is 4.07. The Balaban J connectivity index is 1.65. The van der Waals surface area contributed by atoms with Crippen LogP contribution >= 0.6 is 0 Å². The third kappa shape index (κ3) is 4.29. The first-order chi connectivity index (χ1) is 16.3. The number of nitro benzene ring substituents is 1. The molecule has 4 rings (SSSR count). The number of aryl methyl sites for hydroxylation is 1. The number of amides is 4. The summed E-state index contributed by atoms with van der Waals surface area (Å²) in [6, 6.07) is 12.9. The first-order valence-corrected chi connectivity index (χ1v) is 10.3. The molecular formula is C24H19N3O7. The topological polar surface area (TPSA) is 132 Å². The maximum Gasteiger partial charge on any atom is 0.335 e. The van der Waals surface area contributed by atoms with E-state index in [0.717, 1.165) is 10.5 Å². The van der Waals surface area contributed by atoms with Gasteiger partial charge in [0.1, 0.15) is 22.8 Å². The maximum absolute atomic E-state index is 13.0. The lowest BCUT2D eigenvalue weighted by atomic mass is 10.1. The summed E-state index contributed by atoms with van der Waals surface area (Å²) in [6.07, 6.45) is 1.22. The fraction of sp³-hybridized carbons (Fsp3) is 0.125. The molecule has 0 atom stereocenters. The molecule has 34 heavy (non-hydrogen) atoms. The Bertz CT molecular complexity index is 1340. The SMILES string of the molecule is CCOc1ccc(N2C(=O)NC(=O)/C(=C/c3ccc(-c4cc([N+](=O)[O-])ccc4C)o3)C2=O)cc1. The summed E-state index contributed by atoms with van der Waals surface area (Å²) in [5.74, 6) is -0.608. The Labute approximate surface area is 193 Å². The lowest BCUT2D eigenvalue weighted by Crippen LogP contribution is -2.54. The molecule has 2 aromatic carbocycles. The molecule has 0 radical (unpaired) electrons. The van der Waals surface area contributed by atoms with Crippen molar-refractivity contribution in [2.24, 2.45) is 0 Å². The summed E-state index contributed by atoms with van der Waals surface area (Å²) in [5, 5.41) is 13.3. The maximum atomic E-state index is 13.0. The van der Waals surface area contributed by atoms with E-state index in [-0.39, 0.29) is 22.7 Å². The van der Waals surface area contributed by atoms with Crippen LogP contribution in [0.3, 0.4) is 0 Å². The molecule has 0 unspecified atom stereocenters. The number of benzene rings is 2. The van der Waals surface area contributed by atoms with E-state index in [1.165, 1.54) is 36.4 Å². The monoisotopic (exact) mass is 461 g/mol. The number of carbonyl (C=O) groups excluding carboxylic acids is 3. The van der Waals surface area contributed by atoms with Crippen LogP contribution in [0.4, 0.5) is 16.2 Å². The van der Waals surface area contributed by atoms with Gasteiger partial charge in [0.05, 0.1) is 17.2 Å². The van der Waals surface area contributed by atoms with Crippen molar-refractivity contribution in [3.8, 4) is 17.1 Å². The molecule has 0 saturated carbocycles. The second kappa shape index (κ2) is 9.02. The van der Waals surface area contributed by atoms with Crippen LogP contribution in [-0.2, 0) is 9.59 Å². The fourth-order valence-corrected chi connectivity index (χ4v) is 3.46. The Kier molecular flexibility index (Phi) is 5.96. The third-order valence-electron chi connectivity index (χ3n) is 5.12. The number of rotatable bonds is 6. The van der Waals surface area contributed by atoms with Crippen molar-refractivity contribution in [1.82, 2.24) is 5.32 Å². The average molecular weight is 461 g/mol. The number of carbonyl (C=O) groups is 3. The molecule has 0 bridgehead atoms. The first kappa shape index (κ1) is 22.5. The van der Waals surface area contributed by atoms with Crippen molar-refractivity contribution in [2.45, 2.75) is 13.8 Å². The van der Waals surface area contributed by atoms with E-state index in [2.05, 4.69) is 5.32 Å². The van der Waals surface area contributed by atoms with Gasteiger partial charge >= 0.3 is 6.03 Å². The number of barbiturate groups is 1. The van der Waals surface area contributed by atoms with Crippen LogP contribution in [-0.4, -0.2) is 29.4 Å². The van der Waals surface area contributed by atoms with Gasteiger partial charge in [0, 0.05) is 17.7 Å². The van der Waals surface area contributed by atoms with Crippen molar-refractivity contribution in [3.05, 3.63) is 81.6 Å². The highest BCUT2D eigenvalue weighted by atomic mass is 16.6. The molecule has 3 aromatic rings. The summed E-state index contributed by atoms with van der Waals surface area (Å²) in [5.41, 5.74) is 1.12. The van der Waals surface area contributed by atoms with Gasteiger partial charge < -0.3 is 9.15 Å². The summed E-state index contributed by atoms with van der Waals surface area (Å²) < 4.78 is 11.1. The third-order valence-corrected chi connectivity index (χ3v) is 5.12. The lowest BCUT2D eigenvalue weighted by molar-refractivity contribution is -0.384. The van der Waals surface area contributed by atoms with E-state index in [1.54, 1.807) is 31.2 Å². The van der Waals surface area contributed by atoms with E-state index in [0.29, 0.717) is 23.7 Å². The van der Waals surface area contributed by atoms with Crippen LogP contribution in [0.15, 0.2) is 64.6 Å². The van der Waals surface area contributed by atoms with Gasteiger partial charge in [-0.15, -0.1) is 0 Å². The normalized spacial score (nSPS) is 14.9. The molecule has 0 spiro atoms. The molecule has 1 saturated heterocycles. The molecule has 1 fully saturated rings. The Morgan fingerprint density at radius 3 is 2.50 bits per heavy atom. The van der Waals surface area contributed by atoms with E-state index < -0.39 is 22.8 Å². The molecule has 10 nitrogen and oxygen atoms in total. The number of hydrogen-bond donors (Lipinski definition) is 1. The number of ether oxygens (including phenoxy) is 1. The molecule has 1 aliphatic heterocycles. The minimum Gasteiger partial charge on any atom is -0.494 e. The van der Waals surface area contributed by atoms with Crippen molar-refractivity contribution < 1.29 is 28.5 Å². The van der Waals surface area contributed by atoms with Gasteiger partial charge in [-0.25, -0.2) is 9.69 Å². The quantitative estimate of drug-likeness (QED) is 0.251. The van der Waals surface area contributed by atoms with E-state index >= 15 is 0 Å². The van der Waals surface area contributed by atoms with E-state index in [9.17, 15) is 24.5 Å². The predicted octanol–water partition coefficient (Wildman–Crippen LogP) is 4.23. The van der Waals surface area contributed by atoms with Gasteiger partial charge in [0.25, 0.3) is 17.5 Å². The zero-order valence-corrected chi connectivity index (χ0v) is 18.2. The summed E-state index contributed by atoms with van der Waals surface area (Å²) >= 11 is 0. The number of furan rings is 1. The zero-order valence-electron chi connectivity index (χ0n) is 18.2. The van der Waals surface area contributed by atoms with Crippen LogP contribution in [0.5, 0.6) is 5.75 Å². The highest BCUT2D eigenvalue weighted by molar-refractivity contribution is 6.39. The number of nitro groups is 1. The van der Waals surface area contributed by atoms with Crippen molar-refractivity contribution in [1.29, 1.82) is 0 Å². The summed E-state index contributed by atoms with van der Waals surface area (Å²) in [4.78, 5) is 49.3. The minimum absolute atomic E-state index is 0.0942. The number of urea groups is 1. The molecule has 1 aromatic heterocycles. The zero-order chi connectivity index (χ0) is 24.4. The number of nitrogens with one attached hydrogen (secondary N) is 1. The smallest absolute Gasteiger partial charge is 0.335 e. The van der Waals surface area contributed by atoms with Crippen molar-refractivity contribution in [2.75, 3.05) is 11.5 Å². The van der Waals surface area contributed by atoms with E-state index in [1.807, 2.05) is 6.92 Å². The fourth-order valence-electron chi connectivity index (χ4n) is 3.46. The summed E-state index contributed by atoms with van der Waals surface area (Å²) in [7, 11) is 0. The lowest BCUT2D eigenvalue weighted by Gasteiger charge is -2.26. The molecule has 172 valence electrons. The standard InChI is InChI=1S/C24H19N3O7/c1-3-33-17-8-6-15(7-9-17)26-23(29)20(22(28)25-24(26)30)13-18-10-11-21(34-18)19-12-16(27(31)32)5-4-14(19)2/h4-13H,3H2,1-2H3,(H,25,28,30)/b20-13-. The number of anilines is 1. The van der Waals surface area contributed by atoms with Gasteiger partial charge in [-0.1, -0.05) is 6.07 Å². The van der Waals surface area contributed by atoms with Crippen LogP contribution in [0, 0.1) is 17.0 Å². The Morgan fingerprint density at radius 1 is 1.09 bits per heavy atom. The second-order valence-corrected chi connectivity index (χ2v) is 7.34. The molecule has 1 aliphatic rings. The van der Waals surface area contributed by atoms with Gasteiger partial charge in [-0.3, -0.25) is 25.0 Å². The molecule has 1 N–H and O–H groups in total. The van der Waals surface area contributed by atoms with Gasteiger partial charge in [0.15, 0.2) is 0 Å². The second-order valence-electron chi connectivity index (χ2n) is 7.34. The van der Waals surface area contributed by atoms with Crippen molar-refractivity contribution >= 4 is 35.3 Å². The van der Waals surface area contributed by atoms with E-state index in [4.69, 9.17) is 9.15 Å². The van der Waals surface area contributed by atoms with Crippen LogP contribution in [0.25, 0.3) is 17.4 Å². The Hall–Kier alpha value is -4.73. The highest BCUT2D eigenvalue weighted by Gasteiger charge is 2.37. The van der Waals surface area contributed by atoms with Crippen LogP contribution in [0.2, 0.25) is 0 Å². The number of hydrogen-bond acceptors (Lipinski definition) is 7. The highest BCUT2D eigenvalue weighted by Crippen LogP contribution is 2.30. The minimum atomic E-state index is -0.872. The molecule has 4 amide bonds. The molecule has 0 aliphatic carbocycles. The predicted molar refractivity (Wildman–Crippen MR) is 122 cm³/mol. The number of nitrogens with zero attached hydrogens (tertiary/aromatic N) is 2. The largest absolute Gasteiger partial charge is 0.494 e. The van der Waals surface area contributed by atoms with Gasteiger partial charge in [-0.2, -0.15) is 0 Å².